The summed E-state index contributed by atoms with van der Waals surface area (Å²) in [6, 6.07) is 28.1. The zero-order chi connectivity index (χ0) is 21.0. The van der Waals surface area contributed by atoms with Gasteiger partial charge >= 0.3 is 0 Å². The number of likely N-dealkylation sites (tertiary alicyclic amines) is 1. The van der Waals surface area contributed by atoms with Crippen molar-refractivity contribution in [1.29, 1.82) is 0 Å². The Kier molecular flexibility index (Phi) is 6.20. The normalized spacial score (nSPS) is 22.6. The maximum atomic E-state index is 11.1. The predicted octanol–water partition coefficient (Wildman–Crippen LogP) is 6.22. The molecule has 1 aliphatic carbocycles. The molecule has 0 amide bonds. The van der Waals surface area contributed by atoms with Crippen molar-refractivity contribution in [2.24, 2.45) is 5.92 Å². The van der Waals surface area contributed by atoms with Gasteiger partial charge in [-0.05, 0) is 84.8 Å². The maximum Gasteiger partial charge on any atom is 0.0796 e. The molecule has 0 spiro atoms. The number of benzene rings is 3. The lowest BCUT2D eigenvalue weighted by molar-refractivity contribution is 0.117. The lowest BCUT2D eigenvalue weighted by Gasteiger charge is -2.34. The molecule has 2 nitrogen and oxygen atoms in total. The van der Waals surface area contributed by atoms with E-state index in [0.717, 1.165) is 31.4 Å². The Morgan fingerprint density at radius 3 is 2.23 bits per heavy atom. The van der Waals surface area contributed by atoms with Crippen molar-refractivity contribution in [1.82, 2.24) is 4.90 Å². The highest BCUT2D eigenvalue weighted by molar-refractivity contribution is 5.69. The van der Waals surface area contributed by atoms with E-state index >= 15 is 0 Å². The van der Waals surface area contributed by atoms with E-state index in [0.29, 0.717) is 11.8 Å². The molecule has 0 saturated carbocycles. The Morgan fingerprint density at radius 2 is 1.48 bits per heavy atom. The molecule has 1 heterocycles. The number of piperidine rings is 1. The highest BCUT2D eigenvalue weighted by Crippen LogP contribution is 2.38. The number of hydrogen-bond acceptors (Lipinski definition) is 2. The van der Waals surface area contributed by atoms with E-state index in [-0.39, 0.29) is 6.10 Å². The van der Waals surface area contributed by atoms with E-state index in [1.54, 1.807) is 0 Å². The van der Waals surface area contributed by atoms with Crippen LogP contribution >= 0.6 is 0 Å². The third kappa shape index (κ3) is 4.61. The highest BCUT2D eigenvalue weighted by atomic mass is 16.3. The van der Waals surface area contributed by atoms with E-state index in [4.69, 9.17) is 0 Å². The third-order valence-corrected chi connectivity index (χ3v) is 7.39. The molecule has 1 aliphatic heterocycles. The van der Waals surface area contributed by atoms with Crippen LogP contribution in [0.4, 0.5) is 0 Å². The lowest BCUT2D eigenvalue weighted by atomic mass is 9.88. The molecule has 1 N–H and O–H groups in total. The number of rotatable bonds is 4. The number of nitrogens with zero attached hydrogens (tertiary/aromatic N) is 1. The van der Waals surface area contributed by atoms with Crippen molar-refractivity contribution >= 4 is 0 Å². The van der Waals surface area contributed by atoms with Gasteiger partial charge in [-0.1, -0.05) is 78.9 Å². The lowest BCUT2D eigenvalue weighted by Crippen LogP contribution is -2.36. The zero-order valence-corrected chi connectivity index (χ0v) is 18.3. The van der Waals surface area contributed by atoms with E-state index in [2.05, 4.69) is 83.8 Å². The van der Waals surface area contributed by atoms with Crippen LogP contribution in [0.1, 0.15) is 54.4 Å². The Hall–Kier alpha value is -2.42. The molecule has 1 saturated heterocycles. The summed E-state index contributed by atoms with van der Waals surface area (Å²) in [4.78, 5) is 2.64. The minimum absolute atomic E-state index is 0.354. The quantitative estimate of drug-likeness (QED) is 0.515. The van der Waals surface area contributed by atoms with Gasteiger partial charge in [-0.25, -0.2) is 0 Å². The van der Waals surface area contributed by atoms with Gasteiger partial charge in [0.1, 0.15) is 0 Å². The molecule has 160 valence electrons. The first kappa shape index (κ1) is 20.5. The van der Waals surface area contributed by atoms with Crippen LogP contribution in [-0.4, -0.2) is 29.6 Å². The van der Waals surface area contributed by atoms with E-state index in [1.165, 1.54) is 48.2 Å². The average molecular weight is 412 g/mol. The van der Waals surface area contributed by atoms with E-state index in [1.807, 2.05) is 0 Å². The first-order valence-electron chi connectivity index (χ1n) is 11.9. The van der Waals surface area contributed by atoms with Crippen LogP contribution in [0.15, 0.2) is 78.9 Å². The SMILES string of the molecule is O[C@H]1C[C@@H](CN2CCC(c3ccccc3)CC2)CCc2c(-c3ccccc3)cccc21. The van der Waals surface area contributed by atoms with Gasteiger partial charge in [0.05, 0.1) is 6.10 Å². The summed E-state index contributed by atoms with van der Waals surface area (Å²) in [5.41, 5.74) is 6.54. The third-order valence-electron chi connectivity index (χ3n) is 7.39. The molecule has 1 fully saturated rings. The fraction of sp³-hybridized carbons (Fsp3) is 0.379. The summed E-state index contributed by atoms with van der Waals surface area (Å²) >= 11 is 0. The maximum absolute atomic E-state index is 11.1. The largest absolute Gasteiger partial charge is 0.388 e. The molecule has 0 aromatic heterocycles. The molecule has 2 atom stereocenters. The molecule has 2 heteroatoms. The van der Waals surface area contributed by atoms with Crippen LogP contribution in [0.2, 0.25) is 0 Å². The molecular formula is C29H33NO. The van der Waals surface area contributed by atoms with Crippen molar-refractivity contribution in [3.63, 3.8) is 0 Å². The van der Waals surface area contributed by atoms with Gasteiger partial charge in [-0.2, -0.15) is 0 Å². The molecule has 0 unspecified atom stereocenters. The molecule has 3 aromatic rings. The van der Waals surface area contributed by atoms with Gasteiger partial charge in [0.25, 0.3) is 0 Å². The molecule has 2 aliphatic rings. The summed E-state index contributed by atoms with van der Waals surface area (Å²) in [6.45, 7) is 3.47. The van der Waals surface area contributed by atoms with Gasteiger partial charge in [-0.15, -0.1) is 0 Å². The van der Waals surface area contributed by atoms with Gasteiger partial charge in [0.2, 0.25) is 0 Å². The smallest absolute Gasteiger partial charge is 0.0796 e. The minimum Gasteiger partial charge on any atom is -0.388 e. The second kappa shape index (κ2) is 9.38. The summed E-state index contributed by atoms with van der Waals surface area (Å²) in [5.74, 6) is 1.26. The highest BCUT2D eigenvalue weighted by Gasteiger charge is 2.28. The second-order valence-electron chi connectivity index (χ2n) is 9.38. The fourth-order valence-corrected chi connectivity index (χ4v) is 5.70. The topological polar surface area (TPSA) is 23.5 Å². The minimum atomic E-state index is -0.354. The number of aliphatic hydroxyl groups is 1. The van der Waals surface area contributed by atoms with Gasteiger partial charge in [0, 0.05) is 6.54 Å². The van der Waals surface area contributed by atoms with Crippen LogP contribution in [0.25, 0.3) is 11.1 Å². The van der Waals surface area contributed by atoms with E-state index in [9.17, 15) is 5.11 Å². The molecular weight excluding hydrogens is 378 g/mol. The van der Waals surface area contributed by atoms with Crippen LogP contribution < -0.4 is 0 Å². The Bertz CT molecular complexity index is 976. The predicted molar refractivity (Wildman–Crippen MR) is 128 cm³/mol. The molecule has 31 heavy (non-hydrogen) atoms. The monoisotopic (exact) mass is 411 g/mol. The van der Waals surface area contributed by atoms with Crippen molar-refractivity contribution in [2.75, 3.05) is 19.6 Å². The van der Waals surface area contributed by atoms with Gasteiger partial charge in [-0.3, -0.25) is 0 Å². The van der Waals surface area contributed by atoms with E-state index < -0.39 is 0 Å². The van der Waals surface area contributed by atoms with Crippen molar-refractivity contribution < 1.29 is 5.11 Å². The average Bonchev–Trinajstić information content (AvgIpc) is 2.99. The Labute approximate surface area is 186 Å². The number of fused-ring (bicyclic) bond motifs is 1. The fourth-order valence-electron chi connectivity index (χ4n) is 5.70. The number of hydrogen-bond donors (Lipinski definition) is 1. The van der Waals surface area contributed by atoms with Crippen molar-refractivity contribution in [3.05, 3.63) is 95.6 Å². The van der Waals surface area contributed by atoms with Crippen LogP contribution in [0.3, 0.4) is 0 Å². The molecule has 0 bridgehead atoms. The van der Waals surface area contributed by atoms with Gasteiger partial charge < -0.3 is 10.0 Å². The number of aliphatic hydroxyl groups excluding tert-OH is 1. The summed E-state index contributed by atoms with van der Waals surface area (Å²) < 4.78 is 0. The molecule has 3 aromatic carbocycles. The van der Waals surface area contributed by atoms with Crippen molar-refractivity contribution in [2.45, 2.75) is 44.1 Å². The van der Waals surface area contributed by atoms with Crippen LogP contribution in [0, 0.1) is 5.92 Å². The van der Waals surface area contributed by atoms with Crippen LogP contribution in [0.5, 0.6) is 0 Å². The van der Waals surface area contributed by atoms with Gasteiger partial charge in [0.15, 0.2) is 0 Å². The molecule has 0 radical (unpaired) electrons. The zero-order valence-electron chi connectivity index (χ0n) is 18.3. The Morgan fingerprint density at radius 1 is 0.774 bits per heavy atom. The second-order valence-corrected chi connectivity index (χ2v) is 9.38. The van der Waals surface area contributed by atoms with Crippen molar-refractivity contribution in [3.8, 4) is 11.1 Å². The first-order chi connectivity index (χ1) is 15.3. The molecule has 5 rings (SSSR count). The Balaban J connectivity index is 1.24. The summed E-state index contributed by atoms with van der Waals surface area (Å²) in [7, 11) is 0. The van der Waals surface area contributed by atoms with Crippen LogP contribution in [-0.2, 0) is 6.42 Å². The summed E-state index contributed by atoms with van der Waals surface area (Å²) in [6.07, 6.45) is 5.24. The summed E-state index contributed by atoms with van der Waals surface area (Å²) in [5, 5.41) is 11.1. The standard InChI is InChI=1S/C29H33NO/c31-29-20-22(21-30-18-16-24(17-19-30)23-8-3-1-4-9-23)14-15-27-26(12-7-13-28(27)29)25-10-5-2-6-11-25/h1-13,22,24,29,31H,14-21H2/t22-,29-/m0/s1. The first-order valence-corrected chi connectivity index (χ1v) is 11.9.